The van der Waals surface area contributed by atoms with Crippen LogP contribution in [0.4, 0.5) is 5.69 Å². The zero-order chi connectivity index (χ0) is 27.1. The molecule has 0 saturated carbocycles. The van der Waals surface area contributed by atoms with Crippen molar-refractivity contribution in [2.24, 2.45) is 11.8 Å². The standard InChI is InChI=1S/C29H40N4O5/c1-20-16-33(17-22-6-5-11-30-15-22)21(2)19-38-26-14-24(31-28(34)23-9-12-37-13-10-23)7-8-25(26)29(35)32(3)18-27(20)36-4/h5-8,11,14-15,20-21,23,27H,9-10,12-13,16-19H2,1-4H3,(H,31,34)/t20-,21-,27-/m0/s1. The topological polar surface area (TPSA) is 93.2 Å². The van der Waals surface area contributed by atoms with Gasteiger partial charge < -0.3 is 24.4 Å². The Morgan fingerprint density at radius 2 is 1.97 bits per heavy atom. The number of aromatic nitrogens is 1. The third kappa shape index (κ3) is 7.09. The van der Waals surface area contributed by atoms with Crippen molar-refractivity contribution in [3.05, 3.63) is 53.9 Å². The lowest BCUT2D eigenvalue weighted by Crippen LogP contribution is -2.46. The highest BCUT2D eigenvalue weighted by atomic mass is 16.5. The fraction of sp³-hybridized carbons (Fsp3) is 0.552. The van der Waals surface area contributed by atoms with Gasteiger partial charge >= 0.3 is 0 Å². The van der Waals surface area contributed by atoms with Gasteiger partial charge in [0.2, 0.25) is 5.91 Å². The fourth-order valence-electron chi connectivity index (χ4n) is 5.08. The van der Waals surface area contributed by atoms with Crippen molar-refractivity contribution in [2.45, 2.75) is 45.4 Å². The van der Waals surface area contributed by atoms with E-state index in [4.69, 9.17) is 14.2 Å². The molecule has 1 N–H and O–H groups in total. The number of amides is 2. The molecule has 0 spiro atoms. The van der Waals surface area contributed by atoms with Gasteiger partial charge in [-0.3, -0.25) is 19.5 Å². The van der Waals surface area contributed by atoms with Crippen molar-refractivity contribution in [1.29, 1.82) is 0 Å². The molecule has 1 aromatic heterocycles. The van der Waals surface area contributed by atoms with E-state index in [1.807, 2.05) is 12.3 Å². The van der Waals surface area contributed by atoms with E-state index in [0.717, 1.165) is 18.7 Å². The van der Waals surface area contributed by atoms with Crippen LogP contribution in [-0.4, -0.2) is 85.8 Å². The monoisotopic (exact) mass is 524 g/mol. The number of anilines is 1. The highest BCUT2D eigenvalue weighted by Crippen LogP contribution is 2.28. The third-order valence-electron chi connectivity index (χ3n) is 7.54. The van der Waals surface area contributed by atoms with Gasteiger partial charge in [0.25, 0.3) is 5.91 Å². The van der Waals surface area contributed by atoms with Gasteiger partial charge in [-0.1, -0.05) is 13.0 Å². The average Bonchev–Trinajstić information content (AvgIpc) is 2.94. The average molecular weight is 525 g/mol. The molecule has 1 fully saturated rings. The van der Waals surface area contributed by atoms with Gasteiger partial charge in [0.15, 0.2) is 0 Å². The van der Waals surface area contributed by atoms with Crippen molar-refractivity contribution in [1.82, 2.24) is 14.8 Å². The molecule has 206 valence electrons. The summed E-state index contributed by atoms with van der Waals surface area (Å²) in [6.45, 7) is 7.81. The second-order valence-electron chi connectivity index (χ2n) is 10.5. The number of ether oxygens (including phenoxy) is 3. The summed E-state index contributed by atoms with van der Waals surface area (Å²) >= 11 is 0. The maximum absolute atomic E-state index is 13.5. The van der Waals surface area contributed by atoms with Crippen LogP contribution >= 0.6 is 0 Å². The molecule has 9 nitrogen and oxygen atoms in total. The van der Waals surface area contributed by atoms with Crippen molar-refractivity contribution in [3.8, 4) is 5.75 Å². The van der Waals surface area contributed by atoms with Gasteiger partial charge in [-0.05, 0) is 49.4 Å². The van der Waals surface area contributed by atoms with Crippen molar-refractivity contribution >= 4 is 17.5 Å². The SMILES string of the molecule is CO[C@H]1CN(C)C(=O)c2ccc(NC(=O)C3CCOCC3)cc2OC[C@H](C)N(Cc2cccnc2)C[C@@H]1C. The van der Waals surface area contributed by atoms with Crippen LogP contribution in [0.15, 0.2) is 42.7 Å². The molecule has 0 unspecified atom stereocenters. The van der Waals surface area contributed by atoms with Crippen LogP contribution in [0.1, 0.15) is 42.6 Å². The normalized spacial score (nSPS) is 24.1. The number of benzene rings is 1. The molecule has 2 aliphatic heterocycles. The van der Waals surface area contributed by atoms with Gasteiger partial charge in [-0.2, -0.15) is 0 Å². The van der Waals surface area contributed by atoms with E-state index in [1.165, 1.54) is 0 Å². The van der Waals surface area contributed by atoms with Crippen molar-refractivity contribution in [2.75, 3.05) is 52.4 Å². The summed E-state index contributed by atoms with van der Waals surface area (Å²) in [5.41, 5.74) is 2.20. The Balaban J connectivity index is 1.59. The second kappa shape index (κ2) is 13.2. The summed E-state index contributed by atoms with van der Waals surface area (Å²) in [5.74, 6) is 0.390. The molecule has 38 heavy (non-hydrogen) atoms. The molecule has 1 saturated heterocycles. The van der Waals surface area contributed by atoms with Crippen molar-refractivity contribution in [3.63, 3.8) is 0 Å². The quantitative estimate of drug-likeness (QED) is 0.640. The number of hydrogen-bond acceptors (Lipinski definition) is 7. The molecule has 3 atom stereocenters. The Hall–Kier alpha value is -3.01. The lowest BCUT2D eigenvalue weighted by molar-refractivity contribution is -0.122. The Morgan fingerprint density at radius 3 is 2.68 bits per heavy atom. The number of rotatable bonds is 5. The molecule has 0 bridgehead atoms. The van der Waals surface area contributed by atoms with Crippen LogP contribution in [0.25, 0.3) is 0 Å². The number of nitrogens with one attached hydrogen (secondary N) is 1. The molecule has 0 aliphatic carbocycles. The largest absolute Gasteiger partial charge is 0.491 e. The van der Waals surface area contributed by atoms with Gasteiger partial charge in [0, 0.05) is 83.1 Å². The van der Waals surface area contributed by atoms with Gasteiger partial charge in [-0.25, -0.2) is 0 Å². The van der Waals surface area contributed by atoms with Gasteiger partial charge in [0.1, 0.15) is 12.4 Å². The Bertz CT molecular complexity index is 1080. The first-order chi connectivity index (χ1) is 18.4. The molecule has 0 radical (unpaired) electrons. The Labute approximate surface area is 225 Å². The molecule has 3 heterocycles. The lowest BCUT2D eigenvalue weighted by Gasteiger charge is -2.36. The fourth-order valence-corrected chi connectivity index (χ4v) is 5.08. The number of nitrogens with zero attached hydrogens (tertiary/aromatic N) is 3. The second-order valence-corrected chi connectivity index (χ2v) is 10.5. The molecule has 2 aliphatic rings. The van der Waals surface area contributed by atoms with E-state index in [1.54, 1.807) is 43.5 Å². The van der Waals surface area contributed by atoms with Gasteiger partial charge in [0.05, 0.1) is 11.7 Å². The number of fused-ring (bicyclic) bond motifs is 1. The lowest BCUT2D eigenvalue weighted by atomic mass is 9.99. The van der Waals surface area contributed by atoms with Crippen LogP contribution in [0.5, 0.6) is 5.75 Å². The highest BCUT2D eigenvalue weighted by molar-refractivity contribution is 5.98. The van der Waals surface area contributed by atoms with E-state index in [-0.39, 0.29) is 35.8 Å². The number of carbonyl (C=O) groups is 2. The summed E-state index contributed by atoms with van der Waals surface area (Å²) in [4.78, 5) is 34.6. The maximum Gasteiger partial charge on any atom is 0.257 e. The molecular formula is C29H40N4O5. The predicted octanol–water partition coefficient (Wildman–Crippen LogP) is 3.45. The minimum absolute atomic E-state index is 0.0298. The summed E-state index contributed by atoms with van der Waals surface area (Å²) in [7, 11) is 3.48. The van der Waals surface area contributed by atoms with Crippen LogP contribution < -0.4 is 10.1 Å². The van der Waals surface area contributed by atoms with Crippen LogP contribution in [0.3, 0.4) is 0 Å². The van der Waals surface area contributed by atoms with Gasteiger partial charge in [-0.15, -0.1) is 0 Å². The smallest absolute Gasteiger partial charge is 0.257 e. The predicted molar refractivity (Wildman–Crippen MR) is 145 cm³/mol. The van der Waals surface area contributed by atoms with Crippen molar-refractivity contribution < 1.29 is 23.8 Å². The summed E-state index contributed by atoms with van der Waals surface area (Å²) in [6, 6.07) is 9.34. The van der Waals surface area contributed by atoms with Crippen LogP contribution in [-0.2, 0) is 20.8 Å². The molecule has 2 amide bonds. The Morgan fingerprint density at radius 1 is 1.18 bits per heavy atom. The summed E-state index contributed by atoms with van der Waals surface area (Å²) in [6.07, 6.45) is 4.95. The number of methoxy groups -OCH3 is 1. The summed E-state index contributed by atoms with van der Waals surface area (Å²) < 4.78 is 17.5. The molecule has 1 aromatic carbocycles. The zero-order valence-corrected chi connectivity index (χ0v) is 22.9. The van der Waals surface area contributed by atoms with Crippen LogP contribution in [0.2, 0.25) is 0 Å². The zero-order valence-electron chi connectivity index (χ0n) is 22.9. The van der Waals surface area contributed by atoms with E-state index in [2.05, 4.69) is 35.1 Å². The van der Waals surface area contributed by atoms with Crippen LogP contribution in [0, 0.1) is 11.8 Å². The molecular weight excluding hydrogens is 484 g/mol. The number of carbonyl (C=O) groups excluding carboxylic acids is 2. The number of pyridine rings is 1. The Kier molecular flexibility index (Phi) is 9.71. The maximum atomic E-state index is 13.5. The first kappa shape index (κ1) is 28.0. The minimum Gasteiger partial charge on any atom is -0.491 e. The van der Waals surface area contributed by atoms with E-state index in [0.29, 0.717) is 56.2 Å². The first-order valence-electron chi connectivity index (χ1n) is 13.4. The molecule has 9 heteroatoms. The first-order valence-corrected chi connectivity index (χ1v) is 13.4. The third-order valence-corrected chi connectivity index (χ3v) is 7.54. The van der Waals surface area contributed by atoms with E-state index in [9.17, 15) is 9.59 Å². The number of hydrogen-bond donors (Lipinski definition) is 1. The summed E-state index contributed by atoms with van der Waals surface area (Å²) in [5, 5.41) is 3.01. The molecule has 4 rings (SSSR count). The molecule has 2 aromatic rings. The number of likely N-dealkylation sites (N-methyl/N-ethyl adjacent to an activating group) is 1. The minimum atomic E-state index is -0.142. The van der Waals surface area contributed by atoms with E-state index >= 15 is 0 Å². The van der Waals surface area contributed by atoms with E-state index < -0.39 is 0 Å². The highest BCUT2D eigenvalue weighted by Gasteiger charge is 2.29.